The van der Waals surface area contributed by atoms with Crippen molar-refractivity contribution >= 4 is 22.6 Å². The first kappa shape index (κ1) is 14.4. The average Bonchev–Trinajstić information content (AvgIpc) is 2.14. The van der Waals surface area contributed by atoms with Crippen LogP contribution in [0.3, 0.4) is 0 Å². The Kier molecular flexibility index (Phi) is 3.84. The van der Waals surface area contributed by atoms with Gasteiger partial charge in [0, 0.05) is 0 Å². The first-order valence-corrected chi connectivity index (χ1v) is 5.17. The maximum Gasteiger partial charge on any atom is 0.417 e. The van der Waals surface area contributed by atoms with Gasteiger partial charge in [0.25, 0.3) is 0 Å². The molecule has 0 bridgehead atoms. The zero-order chi connectivity index (χ0) is 13.4. The Morgan fingerprint density at radius 2 is 1.35 bits per heavy atom. The molecule has 1 nitrogen and oxygen atoms in total. The summed E-state index contributed by atoms with van der Waals surface area (Å²) in [6, 6.07) is 0.771. The second-order valence-electron chi connectivity index (χ2n) is 3.03. The lowest BCUT2D eigenvalue weighted by molar-refractivity contribution is -0.162. The summed E-state index contributed by atoms with van der Waals surface area (Å²) < 4.78 is 79.3. The van der Waals surface area contributed by atoms with Gasteiger partial charge in [0.2, 0.25) is 0 Å². The molecule has 0 unspecified atom stereocenters. The molecule has 0 N–H and O–H groups in total. The lowest BCUT2D eigenvalue weighted by Crippen LogP contribution is -2.17. The van der Waals surface area contributed by atoms with Crippen molar-refractivity contribution < 1.29 is 31.1 Å². The van der Waals surface area contributed by atoms with Crippen molar-refractivity contribution in [1.82, 2.24) is 0 Å². The molecule has 0 saturated heterocycles. The smallest absolute Gasteiger partial charge is 0.417 e. The summed E-state index contributed by atoms with van der Waals surface area (Å²) in [4.78, 5) is 0. The molecule has 8 heteroatoms. The van der Waals surface area contributed by atoms with Crippen LogP contribution in [0.5, 0.6) is 5.75 Å². The van der Waals surface area contributed by atoms with Gasteiger partial charge < -0.3 is 4.74 Å². The summed E-state index contributed by atoms with van der Waals surface area (Å²) in [5.41, 5.74) is -3.46. The molecule has 0 amide bonds. The summed E-state index contributed by atoms with van der Waals surface area (Å²) >= 11 is 1.48. The number of hydrogen-bond acceptors (Lipinski definition) is 1. The minimum absolute atomic E-state index is 0.0366. The molecule has 0 aliphatic carbocycles. The number of hydrogen-bond donors (Lipinski definition) is 0. The zero-order valence-corrected chi connectivity index (χ0v) is 10.4. The largest absolute Gasteiger partial charge is 0.496 e. The topological polar surface area (TPSA) is 9.23 Å². The number of halogens is 7. The summed E-state index contributed by atoms with van der Waals surface area (Å²) in [6.45, 7) is 0. The predicted octanol–water partition coefficient (Wildman–Crippen LogP) is 4.34. The van der Waals surface area contributed by atoms with Gasteiger partial charge in [-0.05, 0) is 34.7 Å². The molecular weight excluding hydrogens is 365 g/mol. The lowest BCUT2D eigenvalue weighted by atomic mass is 10.1. The van der Waals surface area contributed by atoms with Gasteiger partial charge in [0.05, 0.1) is 21.8 Å². The quantitative estimate of drug-likeness (QED) is 0.528. The maximum absolute atomic E-state index is 12.5. The molecule has 0 aliphatic heterocycles. The third kappa shape index (κ3) is 3.17. The van der Waals surface area contributed by atoms with Crippen molar-refractivity contribution in [3.8, 4) is 5.75 Å². The van der Waals surface area contributed by atoms with Crippen LogP contribution >= 0.6 is 22.6 Å². The summed E-state index contributed by atoms with van der Waals surface area (Å²) in [5.74, 6) is -0.245. The number of rotatable bonds is 1. The lowest BCUT2D eigenvalue weighted by Gasteiger charge is -2.17. The molecule has 0 atom stereocenters. The minimum atomic E-state index is -5.08. The van der Waals surface area contributed by atoms with Crippen LogP contribution in [0.2, 0.25) is 0 Å². The Labute approximate surface area is 106 Å². The molecule has 1 aromatic rings. The maximum atomic E-state index is 12.5. The SMILES string of the molecule is COc1cc(C(F)(F)F)c(C(F)(F)F)cc1I. The number of benzene rings is 1. The molecule has 1 aromatic carbocycles. The van der Waals surface area contributed by atoms with Crippen molar-refractivity contribution in [1.29, 1.82) is 0 Å². The molecule has 0 heterocycles. The molecule has 0 aromatic heterocycles. The van der Waals surface area contributed by atoms with E-state index in [0.29, 0.717) is 12.1 Å². The highest BCUT2D eigenvalue weighted by atomic mass is 127. The van der Waals surface area contributed by atoms with Crippen molar-refractivity contribution in [3.05, 3.63) is 26.8 Å². The van der Waals surface area contributed by atoms with Crippen LogP contribution in [0.15, 0.2) is 12.1 Å². The summed E-state index contributed by atoms with van der Waals surface area (Å²) in [6.07, 6.45) is -10.1. The van der Waals surface area contributed by atoms with Crippen LogP contribution in [0.1, 0.15) is 11.1 Å². The van der Waals surface area contributed by atoms with Crippen molar-refractivity contribution in [2.45, 2.75) is 12.4 Å². The Morgan fingerprint density at radius 1 is 0.941 bits per heavy atom. The van der Waals surface area contributed by atoms with Crippen molar-refractivity contribution in [2.75, 3.05) is 7.11 Å². The van der Waals surface area contributed by atoms with Gasteiger partial charge >= 0.3 is 12.4 Å². The Hall–Kier alpha value is -0.670. The monoisotopic (exact) mass is 370 g/mol. The fourth-order valence-electron chi connectivity index (χ4n) is 1.18. The van der Waals surface area contributed by atoms with Gasteiger partial charge in [-0.3, -0.25) is 0 Å². The van der Waals surface area contributed by atoms with E-state index < -0.39 is 23.5 Å². The zero-order valence-electron chi connectivity index (χ0n) is 8.21. The molecule has 0 radical (unpaired) electrons. The fourth-order valence-corrected chi connectivity index (χ4v) is 1.87. The molecular formula is C9H5F6IO. The normalized spacial score (nSPS) is 12.7. The van der Waals surface area contributed by atoms with E-state index in [1.807, 2.05) is 0 Å². The predicted molar refractivity (Wildman–Crippen MR) is 55.7 cm³/mol. The van der Waals surface area contributed by atoms with E-state index in [2.05, 4.69) is 4.74 Å². The van der Waals surface area contributed by atoms with Gasteiger partial charge in [-0.15, -0.1) is 0 Å². The van der Waals surface area contributed by atoms with Crippen LogP contribution in [0, 0.1) is 3.57 Å². The highest BCUT2D eigenvalue weighted by Crippen LogP contribution is 2.43. The number of ether oxygens (including phenoxy) is 1. The Bertz CT molecular complexity index is 423. The Morgan fingerprint density at radius 3 is 1.71 bits per heavy atom. The Balaban J connectivity index is 3.54. The van der Waals surface area contributed by atoms with Gasteiger partial charge in [0.1, 0.15) is 5.75 Å². The fraction of sp³-hybridized carbons (Fsp3) is 0.333. The molecule has 0 saturated carbocycles. The van der Waals surface area contributed by atoms with Gasteiger partial charge in [-0.1, -0.05) is 0 Å². The molecule has 0 aliphatic rings. The first-order valence-electron chi connectivity index (χ1n) is 4.09. The standard InChI is InChI=1S/C9H5F6IO/c1-17-7-3-5(9(13,14)15)4(2-6(7)16)8(10,11)12/h2-3H,1H3. The van der Waals surface area contributed by atoms with Crippen molar-refractivity contribution in [2.24, 2.45) is 0 Å². The van der Waals surface area contributed by atoms with Crippen LogP contribution in [-0.4, -0.2) is 7.11 Å². The van der Waals surface area contributed by atoms with E-state index in [-0.39, 0.29) is 9.32 Å². The van der Waals surface area contributed by atoms with Gasteiger partial charge in [0.15, 0.2) is 0 Å². The minimum Gasteiger partial charge on any atom is -0.496 e. The second kappa shape index (κ2) is 4.54. The van der Waals surface area contributed by atoms with Gasteiger partial charge in [-0.25, -0.2) is 0 Å². The van der Waals surface area contributed by atoms with E-state index in [9.17, 15) is 26.3 Å². The highest BCUT2D eigenvalue weighted by Gasteiger charge is 2.43. The van der Waals surface area contributed by atoms with Crippen molar-refractivity contribution in [3.63, 3.8) is 0 Å². The van der Waals surface area contributed by atoms with Crippen LogP contribution in [-0.2, 0) is 12.4 Å². The van der Waals surface area contributed by atoms with Gasteiger partial charge in [-0.2, -0.15) is 26.3 Å². The molecule has 1 rings (SSSR count). The van der Waals surface area contributed by atoms with Crippen LogP contribution < -0.4 is 4.74 Å². The summed E-state index contributed by atoms with van der Waals surface area (Å²) in [7, 11) is 1.09. The summed E-state index contributed by atoms with van der Waals surface area (Å²) in [5, 5.41) is 0. The van der Waals surface area contributed by atoms with E-state index >= 15 is 0 Å². The first-order chi connectivity index (χ1) is 7.57. The molecule has 96 valence electrons. The number of methoxy groups -OCH3 is 1. The average molecular weight is 370 g/mol. The molecule has 0 spiro atoms. The van der Waals surface area contributed by atoms with E-state index in [0.717, 1.165) is 7.11 Å². The van der Waals surface area contributed by atoms with Crippen LogP contribution in [0.4, 0.5) is 26.3 Å². The molecule has 17 heavy (non-hydrogen) atoms. The van der Waals surface area contributed by atoms with Crippen LogP contribution in [0.25, 0.3) is 0 Å². The molecule has 0 fully saturated rings. The highest BCUT2D eigenvalue weighted by molar-refractivity contribution is 14.1. The van der Waals surface area contributed by atoms with E-state index in [4.69, 9.17) is 0 Å². The van der Waals surface area contributed by atoms with E-state index in [1.54, 1.807) is 0 Å². The second-order valence-corrected chi connectivity index (χ2v) is 4.19. The third-order valence-electron chi connectivity index (χ3n) is 1.90. The number of alkyl halides is 6. The van der Waals surface area contributed by atoms with E-state index in [1.165, 1.54) is 22.6 Å². The third-order valence-corrected chi connectivity index (χ3v) is 2.75.